The van der Waals surface area contributed by atoms with Gasteiger partial charge in [0.2, 0.25) is 5.88 Å². The van der Waals surface area contributed by atoms with Crippen LogP contribution in [0.15, 0.2) is 47.1 Å². The highest BCUT2D eigenvalue weighted by atomic mass is 19.1. The van der Waals surface area contributed by atoms with Gasteiger partial charge in [-0.05, 0) is 37.2 Å². The molecule has 3 aromatic rings. The molecule has 0 amide bonds. The summed E-state index contributed by atoms with van der Waals surface area (Å²) >= 11 is 0. The molecule has 0 atom stereocenters. The summed E-state index contributed by atoms with van der Waals surface area (Å²) in [6, 6.07) is 7.98. The van der Waals surface area contributed by atoms with Crippen molar-refractivity contribution < 1.29 is 27.7 Å². The molecule has 3 rings (SSSR count). The van der Waals surface area contributed by atoms with Crippen LogP contribution in [0, 0.1) is 12.7 Å². The normalized spacial score (nSPS) is 13.0. The Morgan fingerprint density at radius 2 is 2.12 bits per heavy atom. The Balaban J connectivity index is 1.91. The molecule has 2 aromatic heterocycles. The van der Waals surface area contributed by atoms with Gasteiger partial charge in [-0.2, -0.15) is 0 Å². The van der Waals surface area contributed by atoms with E-state index in [1.807, 2.05) is 0 Å². The monoisotopic (exact) mass is 331 g/mol. The van der Waals surface area contributed by atoms with Gasteiger partial charge in [0, 0.05) is 21.9 Å². The van der Waals surface area contributed by atoms with Gasteiger partial charge in [-0.3, -0.25) is 0 Å². The second-order valence-corrected chi connectivity index (χ2v) is 4.82. The van der Waals surface area contributed by atoms with Crippen LogP contribution in [0.2, 0.25) is 0 Å². The Morgan fingerprint density at radius 3 is 2.75 bits per heavy atom. The average molecular weight is 331 g/mol. The van der Waals surface area contributed by atoms with Crippen molar-refractivity contribution in [3.8, 4) is 17.1 Å². The molecule has 0 aliphatic heterocycles. The number of nitrogens with zero attached hydrogens (tertiary/aromatic N) is 2. The van der Waals surface area contributed by atoms with E-state index in [0.717, 1.165) is 6.20 Å². The molecule has 0 fully saturated rings. The van der Waals surface area contributed by atoms with Crippen LogP contribution in [0.5, 0.6) is 5.88 Å². The molecular weight excluding hydrogens is 315 g/mol. The van der Waals surface area contributed by atoms with Crippen molar-refractivity contribution in [1.29, 1.82) is 0 Å². The number of hydrogen-bond acceptors (Lipinski definition) is 5. The lowest BCUT2D eigenvalue weighted by Gasteiger charge is -2.06. The highest BCUT2D eigenvalue weighted by molar-refractivity contribution is 5.87. The standard InChI is InChI=1S/C17H13FN2O4/c1-10-14(9-23-15-7-4-12(8-19-15)17(21)22)16(20-24-10)11-2-5-13(18)6-3-11/h2-8H,9H2,1H3,(H,21,22)/i1D3. The lowest BCUT2D eigenvalue weighted by molar-refractivity contribution is 0.0696. The highest BCUT2D eigenvalue weighted by Gasteiger charge is 2.16. The van der Waals surface area contributed by atoms with Crippen LogP contribution in [0.1, 0.15) is 25.8 Å². The number of halogens is 1. The molecule has 0 radical (unpaired) electrons. The van der Waals surface area contributed by atoms with Crippen molar-refractivity contribution in [2.75, 3.05) is 0 Å². The quantitative estimate of drug-likeness (QED) is 0.770. The topological polar surface area (TPSA) is 85.5 Å². The predicted octanol–water partition coefficient (Wildman–Crippen LogP) is 3.46. The summed E-state index contributed by atoms with van der Waals surface area (Å²) in [6.07, 6.45) is 1.12. The van der Waals surface area contributed by atoms with Crippen molar-refractivity contribution in [2.45, 2.75) is 13.5 Å². The lowest BCUT2D eigenvalue weighted by atomic mass is 10.1. The fourth-order valence-corrected chi connectivity index (χ4v) is 2.02. The van der Waals surface area contributed by atoms with Gasteiger partial charge >= 0.3 is 5.97 Å². The van der Waals surface area contributed by atoms with Gasteiger partial charge in [-0.25, -0.2) is 14.2 Å². The van der Waals surface area contributed by atoms with Crippen molar-refractivity contribution >= 4 is 5.97 Å². The number of aryl methyl sites for hydroxylation is 1. The minimum atomic E-state index is -2.56. The van der Waals surface area contributed by atoms with E-state index in [9.17, 15) is 9.18 Å². The molecule has 1 aromatic carbocycles. The first kappa shape index (κ1) is 12.2. The summed E-state index contributed by atoms with van der Waals surface area (Å²) in [5, 5.41) is 12.7. The Hall–Kier alpha value is -3.22. The first-order valence-corrected chi connectivity index (χ1v) is 6.83. The van der Waals surface area contributed by atoms with Crippen LogP contribution in [0.4, 0.5) is 4.39 Å². The minimum Gasteiger partial charge on any atom is -0.478 e. The maximum absolute atomic E-state index is 13.1. The van der Waals surface area contributed by atoms with Crippen LogP contribution >= 0.6 is 0 Å². The fraction of sp³-hybridized carbons (Fsp3) is 0.118. The molecule has 1 N–H and O–H groups in total. The summed E-state index contributed by atoms with van der Waals surface area (Å²) < 4.78 is 46.4. The Bertz CT molecular complexity index is 954. The summed E-state index contributed by atoms with van der Waals surface area (Å²) in [7, 11) is 0. The zero-order chi connectivity index (χ0) is 19.6. The zero-order valence-corrected chi connectivity index (χ0v) is 12.2. The zero-order valence-electron chi connectivity index (χ0n) is 15.2. The average Bonchev–Trinajstić information content (AvgIpc) is 3.05. The van der Waals surface area contributed by atoms with Gasteiger partial charge in [-0.1, -0.05) is 5.16 Å². The molecule has 6 nitrogen and oxygen atoms in total. The van der Waals surface area contributed by atoms with Gasteiger partial charge in [0.15, 0.2) is 0 Å². The molecule has 24 heavy (non-hydrogen) atoms. The third-order valence-electron chi connectivity index (χ3n) is 3.25. The first-order valence-electron chi connectivity index (χ1n) is 8.33. The second-order valence-electron chi connectivity index (χ2n) is 4.82. The smallest absolute Gasteiger partial charge is 0.337 e. The van der Waals surface area contributed by atoms with Crippen LogP contribution in [0.3, 0.4) is 0 Å². The van der Waals surface area contributed by atoms with E-state index < -0.39 is 18.6 Å². The largest absolute Gasteiger partial charge is 0.478 e. The second kappa shape index (κ2) is 6.49. The summed E-state index contributed by atoms with van der Waals surface area (Å²) in [5.41, 5.74) is 0.833. The number of aromatic carboxylic acids is 1. The molecule has 0 spiro atoms. The van der Waals surface area contributed by atoms with Crippen molar-refractivity contribution in [3.05, 3.63) is 65.3 Å². The van der Waals surface area contributed by atoms with Gasteiger partial charge < -0.3 is 14.4 Å². The summed E-state index contributed by atoms with van der Waals surface area (Å²) in [4.78, 5) is 14.7. The summed E-state index contributed by atoms with van der Waals surface area (Å²) in [6.45, 7) is -2.80. The van der Waals surface area contributed by atoms with Gasteiger partial charge in [0.05, 0.1) is 11.1 Å². The van der Waals surface area contributed by atoms with E-state index >= 15 is 0 Å². The molecule has 0 bridgehead atoms. The van der Waals surface area contributed by atoms with Crippen LogP contribution in [-0.4, -0.2) is 21.2 Å². The number of carboxylic acid groups (broad SMARTS) is 1. The number of hydrogen-bond donors (Lipinski definition) is 1. The molecule has 0 aliphatic carbocycles. The third-order valence-corrected chi connectivity index (χ3v) is 3.25. The Labute approximate surface area is 140 Å². The van der Waals surface area contributed by atoms with Crippen LogP contribution in [-0.2, 0) is 6.61 Å². The molecule has 0 saturated carbocycles. The molecule has 7 heteroatoms. The Morgan fingerprint density at radius 1 is 1.33 bits per heavy atom. The molecule has 2 heterocycles. The van der Waals surface area contributed by atoms with E-state index in [1.54, 1.807) is 0 Å². The molecule has 0 saturated heterocycles. The third kappa shape index (κ3) is 3.24. The molecule has 122 valence electrons. The molecule has 0 unspecified atom stereocenters. The number of carboxylic acids is 1. The maximum Gasteiger partial charge on any atom is 0.337 e. The molecular formula is C17H13FN2O4. The van der Waals surface area contributed by atoms with Crippen LogP contribution < -0.4 is 4.74 Å². The van der Waals surface area contributed by atoms with Crippen molar-refractivity contribution in [1.82, 2.24) is 10.1 Å². The number of aromatic nitrogens is 2. The lowest BCUT2D eigenvalue weighted by Crippen LogP contribution is -2.01. The first-order chi connectivity index (χ1) is 12.8. The van der Waals surface area contributed by atoms with Crippen molar-refractivity contribution in [2.24, 2.45) is 0 Å². The number of benzene rings is 1. The van der Waals surface area contributed by atoms with Gasteiger partial charge in [-0.15, -0.1) is 0 Å². The van der Waals surface area contributed by atoms with E-state index in [2.05, 4.69) is 10.1 Å². The number of carbonyl (C=O) groups is 1. The van der Waals surface area contributed by atoms with E-state index in [4.69, 9.17) is 18.5 Å². The number of rotatable bonds is 5. The predicted molar refractivity (Wildman–Crippen MR) is 82.2 cm³/mol. The maximum atomic E-state index is 13.1. The van der Waals surface area contributed by atoms with Crippen LogP contribution in [0.25, 0.3) is 11.3 Å². The van der Waals surface area contributed by atoms with Gasteiger partial charge in [0.1, 0.15) is 23.9 Å². The van der Waals surface area contributed by atoms with E-state index in [-0.39, 0.29) is 35.1 Å². The Kier molecular flexibility index (Phi) is 3.31. The SMILES string of the molecule is [2H]C([2H])([2H])c1onc(-c2ccc(F)cc2)c1COc1ccc(C(=O)O)cn1. The molecule has 0 aliphatic rings. The minimum absolute atomic E-state index is 0.0116. The van der Waals surface area contributed by atoms with Gasteiger partial charge in [0.25, 0.3) is 0 Å². The van der Waals surface area contributed by atoms with Crippen molar-refractivity contribution in [3.63, 3.8) is 0 Å². The number of pyridine rings is 1. The highest BCUT2D eigenvalue weighted by Crippen LogP contribution is 2.26. The van der Waals surface area contributed by atoms with E-state index in [1.165, 1.54) is 36.4 Å². The summed E-state index contributed by atoms with van der Waals surface area (Å²) in [5.74, 6) is -1.82. The fourth-order valence-electron chi connectivity index (χ4n) is 2.02. The number of ether oxygens (including phenoxy) is 1. The van der Waals surface area contributed by atoms with E-state index in [0.29, 0.717) is 5.56 Å².